The molecule has 0 saturated heterocycles. The van der Waals surface area contributed by atoms with E-state index in [9.17, 15) is 4.79 Å². The average molecular weight is 158 g/mol. The number of ketones is 1. The van der Waals surface area contributed by atoms with Gasteiger partial charge in [-0.15, -0.1) is 0 Å². The van der Waals surface area contributed by atoms with Crippen molar-refractivity contribution in [1.82, 2.24) is 0 Å². The highest BCUT2D eigenvalue weighted by atomic mass is 16.1. The van der Waals surface area contributed by atoms with Crippen molar-refractivity contribution < 1.29 is 4.79 Å². The number of rotatable bonds is 1. The first kappa shape index (κ1) is 7.29. The van der Waals surface area contributed by atoms with E-state index in [4.69, 9.17) is 0 Å². The maximum Gasteiger partial charge on any atom is 0.160 e. The third-order valence-electron chi connectivity index (χ3n) is 2.18. The van der Waals surface area contributed by atoms with Gasteiger partial charge < -0.3 is 0 Å². The van der Waals surface area contributed by atoms with Gasteiger partial charge in [0.2, 0.25) is 0 Å². The lowest BCUT2D eigenvalue weighted by atomic mass is 9.92. The summed E-state index contributed by atoms with van der Waals surface area (Å²) in [4.78, 5) is 11.2. The summed E-state index contributed by atoms with van der Waals surface area (Å²) in [7, 11) is 0. The summed E-state index contributed by atoms with van der Waals surface area (Å²) in [6, 6.07) is 0. The van der Waals surface area contributed by atoms with E-state index in [1.165, 1.54) is 5.57 Å². The van der Waals surface area contributed by atoms with Crippen LogP contribution < -0.4 is 0 Å². The fraction of sp³-hybridized carbons (Fsp3) is 0.182. The highest BCUT2D eigenvalue weighted by Gasteiger charge is 2.17. The smallest absolute Gasteiger partial charge is 0.160 e. The number of carbonyl (C=O) groups excluding carboxylic acids is 1. The summed E-state index contributed by atoms with van der Waals surface area (Å²) in [5.74, 6) is 0.163. The maximum atomic E-state index is 11.2. The molecule has 0 bridgehead atoms. The van der Waals surface area contributed by atoms with Gasteiger partial charge in [-0.2, -0.15) is 0 Å². The Kier molecular flexibility index (Phi) is 1.58. The van der Waals surface area contributed by atoms with E-state index in [0.29, 0.717) is 0 Å². The number of fused-ring (bicyclic) bond motifs is 1. The average Bonchev–Trinajstić information content (AvgIpc) is 2.49. The van der Waals surface area contributed by atoms with Gasteiger partial charge in [0.15, 0.2) is 5.78 Å². The third-order valence-corrected chi connectivity index (χ3v) is 2.18. The second-order valence-corrected chi connectivity index (χ2v) is 3.01. The maximum absolute atomic E-state index is 11.2. The van der Waals surface area contributed by atoms with E-state index in [1.807, 2.05) is 24.3 Å². The minimum atomic E-state index is 0.163. The van der Waals surface area contributed by atoms with Gasteiger partial charge in [-0.3, -0.25) is 4.79 Å². The lowest BCUT2D eigenvalue weighted by Gasteiger charge is -2.11. The van der Waals surface area contributed by atoms with E-state index in [1.54, 1.807) is 6.92 Å². The van der Waals surface area contributed by atoms with Gasteiger partial charge in [0, 0.05) is 5.57 Å². The zero-order valence-electron chi connectivity index (χ0n) is 7.00. The number of hydrogen-bond acceptors (Lipinski definition) is 1. The molecule has 0 aromatic carbocycles. The molecule has 0 atom stereocenters. The zero-order chi connectivity index (χ0) is 8.55. The van der Waals surface area contributed by atoms with Crippen molar-refractivity contribution in [2.24, 2.45) is 0 Å². The quantitative estimate of drug-likeness (QED) is 0.572. The molecule has 0 fully saturated rings. The SMILES string of the molecule is CC(=O)C1=CCC=C2C=CC=C21. The Hall–Kier alpha value is -1.37. The minimum absolute atomic E-state index is 0.163. The molecule has 1 heteroatoms. The summed E-state index contributed by atoms with van der Waals surface area (Å²) in [6.07, 6.45) is 11.0. The summed E-state index contributed by atoms with van der Waals surface area (Å²) < 4.78 is 0. The van der Waals surface area contributed by atoms with Gasteiger partial charge in [-0.1, -0.05) is 30.4 Å². The number of Topliss-reactive ketones (excluding diaryl/α,β-unsaturated/α-hetero) is 1. The molecular formula is C11H10O. The number of carbonyl (C=O) groups is 1. The van der Waals surface area contributed by atoms with Crippen LogP contribution in [0.5, 0.6) is 0 Å². The molecule has 60 valence electrons. The Morgan fingerprint density at radius 3 is 3.00 bits per heavy atom. The summed E-state index contributed by atoms with van der Waals surface area (Å²) in [6.45, 7) is 1.62. The van der Waals surface area contributed by atoms with E-state index in [-0.39, 0.29) is 5.78 Å². The molecule has 0 radical (unpaired) electrons. The minimum Gasteiger partial charge on any atom is -0.295 e. The van der Waals surface area contributed by atoms with E-state index < -0.39 is 0 Å². The molecule has 0 unspecified atom stereocenters. The first-order valence-electron chi connectivity index (χ1n) is 4.09. The predicted octanol–water partition coefficient (Wildman–Crippen LogP) is 2.33. The summed E-state index contributed by atoms with van der Waals surface area (Å²) >= 11 is 0. The Labute approximate surface area is 71.8 Å². The largest absolute Gasteiger partial charge is 0.295 e. The van der Waals surface area contributed by atoms with E-state index in [0.717, 1.165) is 17.6 Å². The van der Waals surface area contributed by atoms with Crippen LogP contribution in [0.2, 0.25) is 0 Å². The Bertz CT molecular complexity index is 351. The van der Waals surface area contributed by atoms with Crippen LogP contribution in [-0.2, 0) is 4.79 Å². The van der Waals surface area contributed by atoms with E-state index in [2.05, 4.69) is 6.08 Å². The van der Waals surface area contributed by atoms with Gasteiger partial charge in [-0.25, -0.2) is 0 Å². The van der Waals surface area contributed by atoms with Crippen LogP contribution in [0.1, 0.15) is 13.3 Å². The van der Waals surface area contributed by atoms with Crippen molar-refractivity contribution in [3.05, 3.63) is 47.1 Å². The molecular weight excluding hydrogens is 148 g/mol. The summed E-state index contributed by atoms with van der Waals surface area (Å²) in [5.41, 5.74) is 3.16. The van der Waals surface area contributed by atoms with E-state index >= 15 is 0 Å². The second-order valence-electron chi connectivity index (χ2n) is 3.01. The molecule has 2 rings (SSSR count). The molecule has 0 amide bonds. The van der Waals surface area contributed by atoms with Crippen LogP contribution >= 0.6 is 0 Å². The molecule has 1 nitrogen and oxygen atoms in total. The molecule has 0 heterocycles. The monoisotopic (exact) mass is 158 g/mol. The van der Waals surface area contributed by atoms with Gasteiger partial charge in [0.1, 0.15) is 0 Å². The van der Waals surface area contributed by atoms with Crippen LogP contribution in [0.3, 0.4) is 0 Å². The van der Waals surface area contributed by atoms with Crippen LogP contribution in [0.25, 0.3) is 0 Å². The first-order valence-corrected chi connectivity index (χ1v) is 4.09. The van der Waals surface area contributed by atoms with Crippen molar-refractivity contribution in [3.8, 4) is 0 Å². The molecule has 2 aliphatic rings. The predicted molar refractivity (Wildman–Crippen MR) is 48.7 cm³/mol. The highest BCUT2D eigenvalue weighted by Crippen LogP contribution is 2.30. The van der Waals surface area contributed by atoms with Gasteiger partial charge in [-0.05, 0) is 24.5 Å². The van der Waals surface area contributed by atoms with Gasteiger partial charge in [0.25, 0.3) is 0 Å². The second kappa shape index (κ2) is 2.59. The Morgan fingerprint density at radius 1 is 1.42 bits per heavy atom. The lowest BCUT2D eigenvalue weighted by molar-refractivity contribution is -0.113. The fourth-order valence-electron chi connectivity index (χ4n) is 1.60. The van der Waals surface area contributed by atoms with Crippen LogP contribution in [0, 0.1) is 0 Å². The molecule has 0 spiro atoms. The number of allylic oxidation sites excluding steroid dienone is 8. The number of hydrogen-bond donors (Lipinski definition) is 0. The van der Waals surface area contributed by atoms with Gasteiger partial charge in [0.05, 0.1) is 0 Å². The van der Waals surface area contributed by atoms with Gasteiger partial charge >= 0.3 is 0 Å². The van der Waals surface area contributed by atoms with Crippen molar-refractivity contribution in [1.29, 1.82) is 0 Å². The topological polar surface area (TPSA) is 17.1 Å². The molecule has 0 aromatic rings. The van der Waals surface area contributed by atoms with Crippen molar-refractivity contribution >= 4 is 5.78 Å². The van der Waals surface area contributed by atoms with Crippen LogP contribution in [0.4, 0.5) is 0 Å². The first-order chi connectivity index (χ1) is 5.79. The molecule has 0 aromatic heterocycles. The van der Waals surface area contributed by atoms with Crippen LogP contribution in [0.15, 0.2) is 47.1 Å². The lowest BCUT2D eigenvalue weighted by Crippen LogP contribution is -2.03. The standard InChI is InChI=1S/C11H10O/c1-8(12)10-6-2-4-9-5-3-7-11(9)10/h3-7H,2H2,1H3. The molecule has 0 N–H and O–H groups in total. The molecule has 0 aliphatic heterocycles. The highest BCUT2D eigenvalue weighted by molar-refractivity contribution is 6.00. The Morgan fingerprint density at radius 2 is 2.25 bits per heavy atom. The van der Waals surface area contributed by atoms with Crippen LogP contribution in [-0.4, -0.2) is 5.78 Å². The van der Waals surface area contributed by atoms with Crippen molar-refractivity contribution in [3.63, 3.8) is 0 Å². The summed E-state index contributed by atoms with van der Waals surface area (Å²) in [5, 5.41) is 0. The van der Waals surface area contributed by atoms with Crippen molar-refractivity contribution in [2.75, 3.05) is 0 Å². The molecule has 2 aliphatic carbocycles. The normalized spacial score (nSPS) is 19.6. The molecule has 12 heavy (non-hydrogen) atoms. The van der Waals surface area contributed by atoms with Crippen molar-refractivity contribution in [2.45, 2.75) is 13.3 Å². The molecule has 0 saturated carbocycles. The zero-order valence-corrected chi connectivity index (χ0v) is 7.00. The fourth-order valence-corrected chi connectivity index (χ4v) is 1.60. The third kappa shape index (κ3) is 0.981. The Balaban J connectivity index is 2.41.